The smallest absolute Gasteiger partial charge is 0.183 e. The van der Waals surface area contributed by atoms with Crippen molar-refractivity contribution in [2.75, 3.05) is 13.2 Å². The van der Waals surface area contributed by atoms with E-state index in [0.717, 1.165) is 13.2 Å². The lowest BCUT2D eigenvalue weighted by molar-refractivity contribution is 0.294. The number of hydrogen-bond donors (Lipinski definition) is 0. The van der Waals surface area contributed by atoms with E-state index in [4.69, 9.17) is 4.43 Å². The van der Waals surface area contributed by atoms with Gasteiger partial charge in [-0.05, 0) is 19.6 Å². The molecule has 0 radical (unpaired) electrons. The predicted octanol–water partition coefficient (Wildman–Crippen LogP) is 3.81. The fourth-order valence-corrected chi connectivity index (χ4v) is 12.4. The highest BCUT2D eigenvalue weighted by atomic mass is 28.4. The molecule has 0 fully saturated rings. The molecule has 16 heavy (non-hydrogen) atoms. The van der Waals surface area contributed by atoms with Gasteiger partial charge in [-0.2, -0.15) is 0 Å². The molecule has 0 spiro atoms. The largest absolute Gasteiger partial charge is 0.416 e. The Hall–Kier alpha value is 0.571. The molecule has 0 heterocycles. The Labute approximate surface area is 106 Å². The van der Waals surface area contributed by atoms with Gasteiger partial charge in [-0.15, -0.1) is 0 Å². The van der Waals surface area contributed by atoms with E-state index in [-0.39, 0.29) is 0 Å². The summed E-state index contributed by atoms with van der Waals surface area (Å²) in [5, 5.41) is 0. The zero-order valence-corrected chi connectivity index (χ0v) is 15.8. The molecule has 0 aliphatic carbocycles. The van der Waals surface area contributed by atoms with Crippen molar-refractivity contribution in [1.29, 1.82) is 0 Å². The second-order valence-corrected chi connectivity index (χ2v) is 22.2. The van der Waals surface area contributed by atoms with Gasteiger partial charge in [-0.1, -0.05) is 39.3 Å². The second kappa shape index (κ2) is 5.48. The van der Waals surface area contributed by atoms with Crippen LogP contribution in [0, 0.1) is 0 Å². The minimum atomic E-state index is -1.34. The van der Waals surface area contributed by atoms with Crippen LogP contribution in [0.5, 0.6) is 0 Å². The Morgan fingerprint density at radius 1 is 0.750 bits per heavy atom. The molecular formula is C11H31NOSi3. The van der Waals surface area contributed by atoms with Crippen molar-refractivity contribution in [3.63, 3.8) is 0 Å². The lowest BCUT2D eigenvalue weighted by atomic mass is 10.8. The fraction of sp³-hybridized carbons (Fsp3) is 1.00. The summed E-state index contributed by atoms with van der Waals surface area (Å²) in [6.45, 7) is 23.5. The third kappa shape index (κ3) is 7.01. The van der Waals surface area contributed by atoms with E-state index in [1.165, 1.54) is 0 Å². The molecule has 0 aliphatic heterocycles. The van der Waals surface area contributed by atoms with Crippen LogP contribution in [-0.4, -0.2) is 42.2 Å². The molecule has 0 aromatic heterocycles. The molecule has 98 valence electrons. The first-order valence-corrected chi connectivity index (χ1v) is 16.6. The lowest BCUT2D eigenvalue weighted by Crippen LogP contribution is -2.60. The van der Waals surface area contributed by atoms with Gasteiger partial charge in [0.2, 0.25) is 0 Å². The van der Waals surface area contributed by atoms with E-state index in [0.29, 0.717) is 0 Å². The van der Waals surface area contributed by atoms with Gasteiger partial charge in [0.25, 0.3) is 0 Å². The van der Waals surface area contributed by atoms with Gasteiger partial charge in [-0.25, -0.2) is 0 Å². The van der Waals surface area contributed by atoms with Crippen LogP contribution in [0.15, 0.2) is 0 Å². The van der Waals surface area contributed by atoms with Crippen LogP contribution >= 0.6 is 0 Å². The normalized spacial score (nSPS) is 14.6. The molecule has 0 saturated carbocycles. The molecule has 0 aromatic carbocycles. The highest BCUT2D eigenvalue weighted by Gasteiger charge is 2.34. The van der Waals surface area contributed by atoms with E-state index < -0.39 is 24.8 Å². The molecule has 0 saturated heterocycles. The molecule has 0 rings (SSSR count). The Morgan fingerprint density at radius 2 is 1.12 bits per heavy atom. The van der Waals surface area contributed by atoms with E-state index in [2.05, 4.69) is 63.2 Å². The van der Waals surface area contributed by atoms with Crippen LogP contribution in [0.3, 0.4) is 0 Å². The van der Waals surface area contributed by atoms with Gasteiger partial charge in [0, 0.05) is 13.2 Å². The zero-order valence-electron chi connectivity index (χ0n) is 12.8. The van der Waals surface area contributed by atoms with E-state index in [1.807, 2.05) is 0 Å². The first-order chi connectivity index (χ1) is 6.84. The standard InChI is InChI=1S/C11H31NOSi3/c1-14(2,3)12(15(4,5)6)10-11-13-16(7,8)9/h10-11H2,1-9H3. The van der Waals surface area contributed by atoms with Crippen molar-refractivity contribution < 1.29 is 4.43 Å². The third-order valence-corrected chi connectivity index (χ3v) is 11.3. The minimum absolute atomic E-state index is 0.921. The van der Waals surface area contributed by atoms with Gasteiger partial charge >= 0.3 is 0 Å². The predicted molar refractivity (Wildman–Crippen MR) is 82.7 cm³/mol. The molecule has 0 amide bonds. The fourth-order valence-electron chi connectivity index (χ4n) is 2.12. The van der Waals surface area contributed by atoms with Crippen molar-refractivity contribution in [3.8, 4) is 0 Å². The molecule has 0 bridgehead atoms. The van der Waals surface area contributed by atoms with Crippen molar-refractivity contribution in [2.24, 2.45) is 0 Å². The monoisotopic (exact) mass is 277 g/mol. The first-order valence-electron chi connectivity index (χ1n) is 6.26. The summed E-state index contributed by atoms with van der Waals surface area (Å²) in [7, 11) is -3.71. The molecule has 0 aliphatic rings. The maximum absolute atomic E-state index is 5.99. The quantitative estimate of drug-likeness (QED) is 0.685. The van der Waals surface area contributed by atoms with E-state index in [9.17, 15) is 0 Å². The summed E-state index contributed by atoms with van der Waals surface area (Å²) >= 11 is 0. The Balaban J connectivity index is 4.38. The van der Waals surface area contributed by atoms with Crippen LogP contribution in [0.1, 0.15) is 0 Å². The number of nitrogens with zero attached hydrogens (tertiary/aromatic N) is 1. The van der Waals surface area contributed by atoms with Gasteiger partial charge in [0.05, 0.1) is 0 Å². The Kier molecular flexibility index (Phi) is 5.67. The van der Waals surface area contributed by atoms with Crippen LogP contribution in [0.2, 0.25) is 58.9 Å². The molecule has 0 N–H and O–H groups in total. The molecular weight excluding hydrogens is 246 g/mol. The average molecular weight is 278 g/mol. The van der Waals surface area contributed by atoms with Crippen molar-refractivity contribution >= 4 is 24.8 Å². The van der Waals surface area contributed by atoms with Crippen LogP contribution in [0.4, 0.5) is 0 Å². The maximum Gasteiger partial charge on any atom is 0.183 e. The van der Waals surface area contributed by atoms with Gasteiger partial charge in [0.1, 0.15) is 16.5 Å². The zero-order chi connectivity index (χ0) is 13.2. The Morgan fingerprint density at radius 3 is 1.38 bits per heavy atom. The SMILES string of the molecule is C[Si](C)(C)OCCN([Si](C)(C)C)[Si](C)(C)C. The Bertz CT molecular complexity index is 199. The highest BCUT2D eigenvalue weighted by Crippen LogP contribution is 2.19. The van der Waals surface area contributed by atoms with Gasteiger partial charge < -0.3 is 8.66 Å². The highest BCUT2D eigenvalue weighted by molar-refractivity contribution is 6.89. The molecule has 0 aromatic rings. The summed E-state index contributed by atoms with van der Waals surface area (Å²) in [6.07, 6.45) is 0. The van der Waals surface area contributed by atoms with E-state index in [1.54, 1.807) is 0 Å². The molecule has 2 nitrogen and oxygen atoms in total. The average Bonchev–Trinajstić information content (AvgIpc) is 1.90. The van der Waals surface area contributed by atoms with E-state index >= 15 is 0 Å². The minimum Gasteiger partial charge on any atom is -0.416 e. The summed E-state index contributed by atoms with van der Waals surface area (Å²) in [5.74, 6) is 0. The van der Waals surface area contributed by atoms with Crippen LogP contribution < -0.4 is 0 Å². The van der Waals surface area contributed by atoms with Gasteiger partial charge in [0.15, 0.2) is 8.32 Å². The second-order valence-electron chi connectivity index (χ2n) is 7.45. The summed E-state index contributed by atoms with van der Waals surface area (Å²) in [5.41, 5.74) is 0. The van der Waals surface area contributed by atoms with Crippen LogP contribution in [0.25, 0.3) is 0 Å². The summed E-state index contributed by atoms with van der Waals surface area (Å²) in [4.78, 5) is 0. The summed E-state index contributed by atoms with van der Waals surface area (Å²) in [6, 6.07) is 0. The third-order valence-electron chi connectivity index (χ3n) is 2.47. The van der Waals surface area contributed by atoms with Crippen LogP contribution in [-0.2, 0) is 4.43 Å². The first kappa shape index (κ1) is 16.6. The number of hydrogen-bond acceptors (Lipinski definition) is 2. The van der Waals surface area contributed by atoms with Crippen molar-refractivity contribution in [1.82, 2.24) is 4.23 Å². The van der Waals surface area contributed by atoms with Gasteiger partial charge in [-0.3, -0.25) is 0 Å². The summed E-state index contributed by atoms with van der Waals surface area (Å²) < 4.78 is 8.78. The lowest BCUT2D eigenvalue weighted by Gasteiger charge is -2.43. The molecule has 0 atom stereocenters. The van der Waals surface area contributed by atoms with Crippen molar-refractivity contribution in [2.45, 2.75) is 58.9 Å². The van der Waals surface area contributed by atoms with Crippen molar-refractivity contribution in [3.05, 3.63) is 0 Å². The molecule has 5 heteroatoms. The molecule has 0 unspecified atom stereocenters. The topological polar surface area (TPSA) is 12.5 Å². The maximum atomic E-state index is 5.99. The number of rotatable bonds is 6.